The molecule has 0 radical (unpaired) electrons. The average Bonchev–Trinajstić information content (AvgIpc) is 3.68. The molecule has 1 heterocycles. The molecule has 9 nitrogen and oxygen atoms in total. The van der Waals surface area contributed by atoms with Crippen LogP contribution in [0.25, 0.3) is 0 Å². The lowest BCUT2D eigenvalue weighted by Crippen LogP contribution is -2.47. The minimum absolute atomic E-state index is 0.0574. The smallest absolute Gasteiger partial charge is 0.418 e. The maximum absolute atomic E-state index is 13.7. The summed E-state index contributed by atoms with van der Waals surface area (Å²) in [5, 5.41) is 5.00. The molecule has 36 heavy (non-hydrogen) atoms. The maximum atomic E-state index is 13.7. The molecule has 0 bridgehead atoms. The fraction of sp³-hybridized carbons (Fsp3) is 0.407. The van der Waals surface area contributed by atoms with Gasteiger partial charge < -0.3 is 20.3 Å². The summed E-state index contributed by atoms with van der Waals surface area (Å²) in [6.45, 7) is 1.85. The van der Waals surface area contributed by atoms with E-state index in [1.807, 2.05) is 37.3 Å². The summed E-state index contributed by atoms with van der Waals surface area (Å²) in [5.41, 5.74) is -0.231. The summed E-state index contributed by atoms with van der Waals surface area (Å²) in [4.78, 5) is 54.4. The van der Waals surface area contributed by atoms with Crippen molar-refractivity contribution < 1.29 is 26.7 Å². The van der Waals surface area contributed by atoms with E-state index >= 15 is 0 Å². The van der Waals surface area contributed by atoms with Gasteiger partial charge in [-0.3, -0.25) is 9.59 Å². The molecule has 2 N–H and O–H groups in total. The number of carbonyl (C=O) groups is 4. The van der Waals surface area contributed by atoms with Crippen LogP contribution in [-0.2, 0) is 32.8 Å². The van der Waals surface area contributed by atoms with Crippen LogP contribution >= 0.6 is 0 Å². The normalized spacial score (nSPS) is 23.4. The summed E-state index contributed by atoms with van der Waals surface area (Å²) in [6.07, 6.45) is -1.35. The fourth-order valence-electron chi connectivity index (χ4n) is 4.89. The van der Waals surface area contributed by atoms with E-state index in [0.717, 1.165) is 23.3 Å². The first kappa shape index (κ1) is 21.4. The molecule has 5 amide bonds. The Kier molecular flexibility index (Phi) is 5.53. The van der Waals surface area contributed by atoms with Crippen molar-refractivity contribution in [2.45, 2.75) is 50.7 Å². The van der Waals surface area contributed by atoms with E-state index in [0.29, 0.717) is 18.2 Å². The number of nitrogens with one attached hydrogen (secondary N) is 2. The van der Waals surface area contributed by atoms with Gasteiger partial charge in [0.25, 0.3) is 5.91 Å². The summed E-state index contributed by atoms with van der Waals surface area (Å²) in [5.74, 6) is -0.757. The quantitative estimate of drug-likeness (QED) is 0.616. The summed E-state index contributed by atoms with van der Waals surface area (Å²) in [7, 11) is 1.45. The highest BCUT2D eigenvalue weighted by Gasteiger charge is 2.58. The van der Waals surface area contributed by atoms with Crippen LogP contribution in [-0.4, -0.2) is 53.4 Å². The molecule has 1 saturated heterocycles. The molecule has 1 spiro atoms. The molecule has 2 atom stereocenters. The van der Waals surface area contributed by atoms with Crippen molar-refractivity contribution in [3.05, 3.63) is 65.2 Å². The van der Waals surface area contributed by atoms with Crippen LogP contribution in [0.5, 0.6) is 0 Å². The lowest BCUT2D eigenvalue weighted by molar-refractivity contribution is -0.143. The van der Waals surface area contributed by atoms with E-state index in [1.165, 1.54) is 25.2 Å². The van der Waals surface area contributed by atoms with Crippen LogP contribution in [0.2, 0.25) is 0 Å². The van der Waals surface area contributed by atoms with Gasteiger partial charge in [-0.15, -0.1) is 0 Å². The SMILES string of the molecule is [2H]C1([2H])CC2(OC(=O)N(CC(=O)N(Cc3ccccc3)[C@@H](C)C3CC3)C2=O)c2ccc(NC(=O)NC)cc21. The van der Waals surface area contributed by atoms with Crippen LogP contribution in [0.4, 0.5) is 15.3 Å². The molecule has 2 aromatic carbocycles. The highest BCUT2D eigenvalue weighted by molar-refractivity contribution is 6.06. The first-order chi connectivity index (χ1) is 18.1. The zero-order chi connectivity index (χ0) is 27.2. The monoisotopic (exact) mass is 492 g/mol. The molecule has 188 valence electrons. The van der Waals surface area contributed by atoms with Crippen LogP contribution in [0.15, 0.2) is 48.5 Å². The number of rotatable bonds is 7. The van der Waals surface area contributed by atoms with Gasteiger partial charge in [-0.25, -0.2) is 14.5 Å². The van der Waals surface area contributed by atoms with Gasteiger partial charge in [0.05, 0.1) is 0 Å². The Morgan fingerprint density at radius 2 is 1.97 bits per heavy atom. The van der Waals surface area contributed by atoms with Crippen LogP contribution in [0.1, 0.15) is 45.6 Å². The zero-order valence-corrected chi connectivity index (χ0v) is 20.2. The van der Waals surface area contributed by atoms with Gasteiger partial charge in [-0.2, -0.15) is 0 Å². The number of urea groups is 1. The third-order valence-electron chi connectivity index (χ3n) is 7.15. The first-order valence-electron chi connectivity index (χ1n) is 13.1. The minimum Gasteiger partial charge on any atom is -0.427 e. The summed E-state index contributed by atoms with van der Waals surface area (Å²) < 4.78 is 22.7. The van der Waals surface area contributed by atoms with Crippen molar-refractivity contribution in [3.63, 3.8) is 0 Å². The standard InChI is InChI=1S/C27H30N4O5/c1-17(19-8-9-19)30(15-18-6-4-3-5-7-18)23(32)16-31-24(33)27(36-26(31)35)13-12-20-14-21(10-11-22(20)27)29-25(34)28-2/h3-7,10-11,14,17,19H,8-9,12-13,15-16H2,1-2H3,(H2,28,29,34)/t17-,27?/m0/s1/i12D2. The van der Waals surface area contributed by atoms with Crippen molar-refractivity contribution in [3.8, 4) is 0 Å². The Bertz CT molecular complexity index is 1300. The van der Waals surface area contributed by atoms with Crippen molar-refractivity contribution in [2.24, 2.45) is 5.92 Å². The third kappa shape index (κ3) is 4.29. The molecule has 1 saturated carbocycles. The van der Waals surface area contributed by atoms with Gasteiger partial charge >= 0.3 is 12.1 Å². The molecule has 2 fully saturated rings. The molecule has 1 unspecified atom stereocenters. The Morgan fingerprint density at radius 3 is 2.67 bits per heavy atom. The van der Waals surface area contributed by atoms with Gasteiger partial charge in [0.15, 0.2) is 0 Å². The van der Waals surface area contributed by atoms with E-state index in [4.69, 9.17) is 7.48 Å². The highest BCUT2D eigenvalue weighted by Crippen LogP contribution is 2.46. The van der Waals surface area contributed by atoms with Crippen molar-refractivity contribution in [1.29, 1.82) is 0 Å². The number of anilines is 1. The van der Waals surface area contributed by atoms with Gasteiger partial charge in [-0.05, 0) is 55.3 Å². The highest BCUT2D eigenvalue weighted by atomic mass is 16.6. The fourth-order valence-corrected chi connectivity index (χ4v) is 4.89. The summed E-state index contributed by atoms with van der Waals surface area (Å²) in [6, 6.07) is 13.4. The molecular formula is C27H30N4O5. The molecule has 9 heteroatoms. The Balaban J connectivity index is 1.40. The Hall–Kier alpha value is -3.88. The van der Waals surface area contributed by atoms with E-state index in [9.17, 15) is 19.2 Å². The van der Waals surface area contributed by atoms with Crippen LogP contribution in [0, 0.1) is 5.92 Å². The largest absolute Gasteiger partial charge is 0.427 e. The lowest BCUT2D eigenvalue weighted by Gasteiger charge is -2.30. The Morgan fingerprint density at radius 1 is 1.22 bits per heavy atom. The summed E-state index contributed by atoms with van der Waals surface area (Å²) >= 11 is 0. The predicted octanol–water partition coefficient (Wildman–Crippen LogP) is 3.39. The number of aryl methyl sites for hydroxylation is 1. The minimum atomic E-state index is -2.01. The van der Waals surface area contributed by atoms with E-state index in [2.05, 4.69) is 10.6 Å². The van der Waals surface area contributed by atoms with E-state index in [-0.39, 0.29) is 23.1 Å². The molecule has 1 aliphatic heterocycles. The molecule has 2 aliphatic carbocycles. The number of hydrogen-bond donors (Lipinski definition) is 2. The number of benzene rings is 2. The number of amides is 5. The molecule has 5 rings (SSSR count). The second-order valence-electron chi connectivity index (χ2n) is 9.49. The topological polar surface area (TPSA) is 108 Å². The molecule has 0 aromatic heterocycles. The Labute approximate surface area is 212 Å². The van der Waals surface area contributed by atoms with E-state index in [1.54, 1.807) is 4.90 Å². The number of hydrogen-bond acceptors (Lipinski definition) is 5. The second kappa shape index (κ2) is 9.29. The van der Waals surface area contributed by atoms with Gasteiger partial charge in [0.1, 0.15) is 6.54 Å². The van der Waals surface area contributed by atoms with Crippen LogP contribution in [0.3, 0.4) is 0 Å². The maximum Gasteiger partial charge on any atom is 0.418 e. The van der Waals surface area contributed by atoms with Crippen molar-refractivity contribution in [2.75, 3.05) is 18.9 Å². The van der Waals surface area contributed by atoms with Crippen LogP contribution < -0.4 is 10.6 Å². The van der Waals surface area contributed by atoms with Crippen molar-refractivity contribution in [1.82, 2.24) is 15.1 Å². The van der Waals surface area contributed by atoms with Gasteiger partial charge in [-0.1, -0.05) is 36.4 Å². The van der Waals surface area contributed by atoms with Gasteiger partial charge in [0.2, 0.25) is 11.5 Å². The second-order valence-corrected chi connectivity index (χ2v) is 9.49. The predicted molar refractivity (Wildman–Crippen MR) is 132 cm³/mol. The third-order valence-corrected chi connectivity index (χ3v) is 7.15. The molecule has 2 aromatic rings. The lowest BCUT2D eigenvalue weighted by atomic mass is 9.94. The van der Waals surface area contributed by atoms with Crippen molar-refractivity contribution >= 4 is 29.6 Å². The number of nitrogens with zero attached hydrogens (tertiary/aromatic N) is 2. The molecular weight excluding hydrogens is 460 g/mol. The van der Waals surface area contributed by atoms with Gasteiger partial charge in [0, 0.05) is 40.0 Å². The number of carbonyl (C=O) groups excluding carboxylic acids is 4. The molecule has 3 aliphatic rings. The number of imide groups is 1. The first-order valence-corrected chi connectivity index (χ1v) is 12.1. The number of ether oxygens (including phenoxy) is 1. The van der Waals surface area contributed by atoms with E-state index < -0.39 is 43.0 Å². The number of fused-ring (bicyclic) bond motifs is 2. The average molecular weight is 493 g/mol. The zero-order valence-electron chi connectivity index (χ0n) is 22.2.